The van der Waals surface area contributed by atoms with Crippen LogP contribution in [0.2, 0.25) is 0 Å². The number of nitrogens with zero attached hydrogens (tertiary/aromatic N) is 5. The van der Waals surface area contributed by atoms with E-state index in [1.807, 2.05) is 40.3 Å². The van der Waals surface area contributed by atoms with Crippen LogP contribution in [0.25, 0.3) is 16.9 Å². The number of aromatic nitrogens is 4. The molecule has 11 heteroatoms. The maximum atomic E-state index is 13.2. The molecule has 0 radical (unpaired) electrons. The van der Waals surface area contributed by atoms with Crippen LogP contribution in [-0.4, -0.2) is 57.7 Å². The molecule has 5 rings (SSSR count). The molecule has 34 heavy (non-hydrogen) atoms. The number of hydrogen-bond donors (Lipinski definition) is 1. The predicted molar refractivity (Wildman–Crippen MR) is 131 cm³/mol. The second-order valence-corrected chi connectivity index (χ2v) is 9.24. The molecule has 0 aliphatic carbocycles. The van der Waals surface area contributed by atoms with Gasteiger partial charge in [-0.15, -0.1) is 21.5 Å². The van der Waals surface area contributed by atoms with E-state index in [4.69, 9.17) is 4.74 Å². The molecular formula is C23H21FN6O2S2. The average Bonchev–Trinajstić information content (AvgIpc) is 3.51. The number of thioether (sulfide) groups is 1. The molecule has 1 aliphatic rings. The van der Waals surface area contributed by atoms with Crippen molar-refractivity contribution in [2.75, 3.05) is 42.3 Å². The predicted octanol–water partition coefficient (Wildman–Crippen LogP) is 4.10. The average molecular weight is 497 g/mol. The van der Waals surface area contributed by atoms with Crippen LogP contribution >= 0.6 is 23.1 Å². The fourth-order valence-corrected chi connectivity index (χ4v) is 4.98. The number of halogens is 1. The summed E-state index contributed by atoms with van der Waals surface area (Å²) in [5.41, 5.74) is 2.41. The van der Waals surface area contributed by atoms with Gasteiger partial charge < -0.3 is 15.0 Å². The Bertz CT molecular complexity index is 1260. The van der Waals surface area contributed by atoms with Crippen molar-refractivity contribution in [1.29, 1.82) is 0 Å². The molecule has 3 heterocycles. The summed E-state index contributed by atoms with van der Waals surface area (Å²) in [6, 6.07) is 15.9. The first-order valence-corrected chi connectivity index (χ1v) is 12.5. The van der Waals surface area contributed by atoms with Gasteiger partial charge in [-0.05, 0) is 36.4 Å². The Morgan fingerprint density at radius 3 is 2.62 bits per heavy atom. The number of rotatable bonds is 7. The summed E-state index contributed by atoms with van der Waals surface area (Å²) < 4.78 is 20.6. The quantitative estimate of drug-likeness (QED) is 0.386. The van der Waals surface area contributed by atoms with E-state index >= 15 is 0 Å². The van der Waals surface area contributed by atoms with Gasteiger partial charge in [0, 0.05) is 24.0 Å². The molecule has 0 atom stereocenters. The molecule has 0 spiro atoms. The Balaban J connectivity index is 1.28. The molecule has 0 unspecified atom stereocenters. The number of carbonyl (C=O) groups excluding carboxylic acids is 1. The maximum Gasteiger partial charge on any atom is 0.236 e. The van der Waals surface area contributed by atoms with Crippen LogP contribution in [0, 0.1) is 5.82 Å². The van der Waals surface area contributed by atoms with Gasteiger partial charge in [-0.3, -0.25) is 9.36 Å². The molecule has 1 fully saturated rings. The highest BCUT2D eigenvalue weighted by Gasteiger charge is 2.22. The maximum absolute atomic E-state index is 13.2. The summed E-state index contributed by atoms with van der Waals surface area (Å²) in [5, 5.41) is 14.6. The minimum Gasteiger partial charge on any atom is -0.378 e. The Labute approximate surface area is 203 Å². The van der Waals surface area contributed by atoms with E-state index in [2.05, 4.69) is 25.4 Å². The van der Waals surface area contributed by atoms with E-state index in [0.717, 1.165) is 30.3 Å². The van der Waals surface area contributed by atoms with Gasteiger partial charge in [0.25, 0.3) is 0 Å². The number of ether oxygens (including phenoxy) is 1. The molecule has 0 bridgehead atoms. The van der Waals surface area contributed by atoms with Crippen LogP contribution < -0.4 is 10.2 Å². The lowest BCUT2D eigenvalue weighted by Gasteiger charge is -2.27. The molecule has 4 aromatic rings. The lowest BCUT2D eigenvalue weighted by molar-refractivity contribution is -0.113. The third-order valence-electron chi connectivity index (χ3n) is 5.15. The molecule has 1 amide bonds. The summed E-state index contributed by atoms with van der Waals surface area (Å²) in [6.45, 7) is 2.74. The summed E-state index contributed by atoms with van der Waals surface area (Å²) in [5.74, 6) is 0.394. The van der Waals surface area contributed by atoms with Gasteiger partial charge in [0.2, 0.25) is 11.9 Å². The monoisotopic (exact) mass is 496 g/mol. The van der Waals surface area contributed by atoms with Crippen molar-refractivity contribution in [2.45, 2.75) is 5.16 Å². The van der Waals surface area contributed by atoms with Gasteiger partial charge in [-0.25, -0.2) is 9.37 Å². The second kappa shape index (κ2) is 10.3. The highest BCUT2D eigenvalue weighted by molar-refractivity contribution is 7.99. The molecule has 1 N–H and O–H groups in total. The third-order valence-corrected chi connectivity index (χ3v) is 6.83. The number of anilines is 2. The number of carbonyl (C=O) groups is 1. The van der Waals surface area contributed by atoms with Gasteiger partial charge in [0.1, 0.15) is 5.82 Å². The molecule has 174 valence electrons. The van der Waals surface area contributed by atoms with E-state index in [0.29, 0.717) is 29.2 Å². The molecule has 8 nitrogen and oxygen atoms in total. The SMILES string of the molecule is O=C(CSc1nnc(N2CCOCC2)n1-c1ccccc1)Nc1nc(-c2ccc(F)cc2)cs1. The molecule has 1 saturated heterocycles. The van der Waals surface area contributed by atoms with E-state index in [-0.39, 0.29) is 17.5 Å². The van der Waals surface area contributed by atoms with Gasteiger partial charge in [0.15, 0.2) is 10.3 Å². The first-order chi connectivity index (χ1) is 16.7. The fraction of sp³-hybridized carbons (Fsp3) is 0.217. The zero-order valence-electron chi connectivity index (χ0n) is 18.1. The smallest absolute Gasteiger partial charge is 0.236 e. The fourth-order valence-electron chi connectivity index (χ4n) is 3.50. The molecule has 1 aliphatic heterocycles. The minimum atomic E-state index is -0.301. The zero-order chi connectivity index (χ0) is 23.3. The van der Waals surface area contributed by atoms with Crippen molar-refractivity contribution >= 4 is 40.1 Å². The third kappa shape index (κ3) is 5.11. The van der Waals surface area contributed by atoms with Crippen LogP contribution in [0.3, 0.4) is 0 Å². The number of thiazole rings is 1. The highest BCUT2D eigenvalue weighted by Crippen LogP contribution is 2.28. The number of hydrogen-bond acceptors (Lipinski definition) is 8. The lowest BCUT2D eigenvalue weighted by Crippen LogP contribution is -2.37. The van der Waals surface area contributed by atoms with Crippen molar-refractivity contribution in [1.82, 2.24) is 19.7 Å². The lowest BCUT2D eigenvalue weighted by atomic mass is 10.2. The van der Waals surface area contributed by atoms with Crippen LogP contribution in [0.15, 0.2) is 65.1 Å². The topological polar surface area (TPSA) is 85.2 Å². The van der Waals surface area contributed by atoms with E-state index in [1.165, 1.54) is 35.2 Å². The number of para-hydroxylation sites is 1. The van der Waals surface area contributed by atoms with Gasteiger partial charge in [-0.1, -0.05) is 30.0 Å². The normalized spacial score (nSPS) is 13.7. The largest absolute Gasteiger partial charge is 0.378 e. The van der Waals surface area contributed by atoms with Crippen LogP contribution in [0.4, 0.5) is 15.5 Å². The first kappa shape index (κ1) is 22.5. The molecular weight excluding hydrogens is 475 g/mol. The van der Waals surface area contributed by atoms with E-state index in [9.17, 15) is 9.18 Å². The first-order valence-electron chi connectivity index (χ1n) is 10.6. The van der Waals surface area contributed by atoms with Crippen LogP contribution in [0.5, 0.6) is 0 Å². The minimum absolute atomic E-state index is 0.152. The molecule has 2 aromatic carbocycles. The number of amides is 1. The Kier molecular flexibility index (Phi) is 6.84. The summed E-state index contributed by atoms with van der Waals surface area (Å²) in [6.07, 6.45) is 0. The Hall–Kier alpha value is -3.28. The van der Waals surface area contributed by atoms with Crippen LogP contribution in [0.1, 0.15) is 0 Å². The molecule has 2 aromatic heterocycles. The highest BCUT2D eigenvalue weighted by atomic mass is 32.2. The van der Waals surface area contributed by atoms with Crippen LogP contribution in [-0.2, 0) is 9.53 Å². The van der Waals surface area contributed by atoms with Crippen molar-refractivity contribution in [3.05, 3.63) is 65.8 Å². The number of morpholine rings is 1. The molecule has 0 saturated carbocycles. The Morgan fingerprint density at radius 1 is 1.09 bits per heavy atom. The van der Waals surface area contributed by atoms with E-state index in [1.54, 1.807) is 12.1 Å². The Morgan fingerprint density at radius 2 is 1.85 bits per heavy atom. The second-order valence-electron chi connectivity index (χ2n) is 7.43. The van der Waals surface area contributed by atoms with Gasteiger partial charge >= 0.3 is 0 Å². The van der Waals surface area contributed by atoms with Crippen molar-refractivity contribution in [3.63, 3.8) is 0 Å². The number of nitrogens with one attached hydrogen (secondary N) is 1. The van der Waals surface area contributed by atoms with Crippen molar-refractivity contribution in [2.24, 2.45) is 0 Å². The van der Waals surface area contributed by atoms with Crippen molar-refractivity contribution < 1.29 is 13.9 Å². The van der Waals surface area contributed by atoms with E-state index < -0.39 is 0 Å². The van der Waals surface area contributed by atoms with Gasteiger partial charge in [-0.2, -0.15) is 0 Å². The number of benzene rings is 2. The standard InChI is InChI=1S/C23H21FN6O2S2/c24-17-8-6-16(7-9-17)19-14-33-21(25-19)26-20(31)15-34-23-28-27-22(29-10-12-32-13-11-29)30(23)18-4-2-1-3-5-18/h1-9,14H,10-13,15H2,(H,25,26,31). The zero-order valence-corrected chi connectivity index (χ0v) is 19.7. The summed E-state index contributed by atoms with van der Waals surface area (Å²) in [4.78, 5) is 19.2. The summed E-state index contributed by atoms with van der Waals surface area (Å²) >= 11 is 2.64. The van der Waals surface area contributed by atoms with Crippen molar-refractivity contribution in [3.8, 4) is 16.9 Å². The summed E-state index contributed by atoms with van der Waals surface area (Å²) in [7, 11) is 0. The van der Waals surface area contributed by atoms with Gasteiger partial charge in [0.05, 0.1) is 30.3 Å².